The van der Waals surface area contributed by atoms with E-state index in [4.69, 9.17) is 0 Å². The molecule has 2 aromatic heterocycles. The Bertz CT molecular complexity index is 906. The van der Waals surface area contributed by atoms with Crippen LogP contribution in [0.1, 0.15) is 24.6 Å². The van der Waals surface area contributed by atoms with Gasteiger partial charge in [0.2, 0.25) is 0 Å². The number of hydrogen-bond donors (Lipinski definition) is 1. The average molecular weight is 337 g/mol. The predicted molar refractivity (Wildman–Crippen MR) is 100.0 cm³/mol. The Morgan fingerprint density at radius 3 is 2.68 bits per heavy atom. The highest BCUT2D eigenvalue weighted by molar-refractivity contribution is 5.49. The van der Waals surface area contributed by atoms with Crippen LogP contribution in [0, 0.1) is 6.92 Å². The van der Waals surface area contributed by atoms with Gasteiger partial charge in [-0.15, -0.1) is 0 Å². The largest absolute Gasteiger partial charge is 0.391 e. The number of para-hydroxylation sites is 1. The average Bonchev–Trinajstić information content (AvgIpc) is 2.63. The highest BCUT2D eigenvalue weighted by Crippen LogP contribution is 2.17. The molecule has 0 bridgehead atoms. The van der Waals surface area contributed by atoms with Crippen molar-refractivity contribution in [2.24, 2.45) is 0 Å². The van der Waals surface area contributed by atoms with Gasteiger partial charge >= 0.3 is 0 Å². The third kappa shape index (κ3) is 3.88. The minimum absolute atomic E-state index is 0.0900. The molecule has 0 amide bonds. The quantitative estimate of drug-likeness (QED) is 0.751. The molecule has 3 rings (SSSR count). The fourth-order valence-electron chi connectivity index (χ4n) is 2.87. The number of nitrogens with zero attached hydrogens (tertiary/aromatic N) is 3. The van der Waals surface area contributed by atoms with E-state index in [1.807, 2.05) is 56.3 Å². The van der Waals surface area contributed by atoms with E-state index in [1.54, 1.807) is 16.7 Å². The van der Waals surface area contributed by atoms with E-state index in [-0.39, 0.29) is 5.56 Å². The fraction of sp³-hybridized carbons (Fsp3) is 0.300. The topological polar surface area (TPSA) is 57.8 Å². The number of aryl methyl sites for hydroxylation is 1. The molecule has 0 aliphatic heterocycles. The van der Waals surface area contributed by atoms with Crippen LogP contribution in [0.4, 0.5) is 5.69 Å². The van der Waals surface area contributed by atoms with Crippen molar-refractivity contribution in [3.8, 4) is 0 Å². The lowest BCUT2D eigenvalue weighted by molar-refractivity contribution is 0.175. The molecule has 25 heavy (non-hydrogen) atoms. The number of anilines is 1. The number of pyridine rings is 1. The second-order valence-electron chi connectivity index (χ2n) is 6.25. The molecule has 0 aliphatic carbocycles. The first-order valence-corrected chi connectivity index (χ1v) is 8.54. The highest BCUT2D eigenvalue weighted by Gasteiger charge is 2.14. The maximum absolute atomic E-state index is 12.4. The van der Waals surface area contributed by atoms with E-state index in [2.05, 4.69) is 9.88 Å². The van der Waals surface area contributed by atoms with Gasteiger partial charge in [-0.1, -0.05) is 31.2 Å². The summed E-state index contributed by atoms with van der Waals surface area (Å²) in [5.41, 5.74) is 3.25. The van der Waals surface area contributed by atoms with Crippen LogP contribution < -0.4 is 10.5 Å². The van der Waals surface area contributed by atoms with Gasteiger partial charge in [-0.25, -0.2) is 4.98 Å². The first-order chi connectivity index (χ1) is 12.1. The molecule has 0 saturated carbocycles. The summed E-state index contributed by atoms with van der Waals surface area (Å²) in [7, 11) is 0. The van der Waals surface area contributed by atoms with Crippen LogP contribution in [0.25, 0.3) is 5.65 Å². The normalized spacial score (nSPS) is 12.3. The van der Waals surface area contributed by atoms with Crippen LogP contribution in [-0.4, -0.2) is 27.1 Å². The lowest BCUT2D eigenvalue weighted by atomic mass is 10.2. The Hall–Kier alpha value is -2.66. The van der Waals surface area contributed by atoms with Gasteiger partial charge in [0.05, 0.1) is 18.3 Å². The van der Waals surface area contributed by atoms with Gasteiger partial charge < -0.3 is 10.0 Å². The third-order valence-corrected chi connectivity index (χ3v) is 4.32. The minimum atomic E-state index is -0.427. The monoisotopic (exact) mass is 337 g/mol. The molecule has 0 aliphatic rings. The lowest BCUT2D eigenvalue weighted by Crippen LogP contribution is -2.32. The van der Waals surface area contributed by atoms with E-state index in [1.165, 1.54) is 0 Å². The summed E-state index contributed by atoms with van der Waals surface area (Å²) in [5, 5.41) is 10.1. The summed E-state index contributed by atoms with van der Waals surface area (Å²) >= 11 is 0. The molecule has 5 nitrogen and oxygen atoms in total. The lowest BCUT2D eigenvalue weighted by Gasteiger charge is -2.26. The van der Waals surface area contributed by atoms with E-state index in [0.29, 0.717) is 30.9 Å². The first kappa shape index (κ1) is 17.2. The Kier molecular flexibility index (Phi) is 5.14. The number of aliphatic hydroxyl groups is 1. The molecule has 2 heterocycles. The van der Waals surface area contributed by atoms with Crippen LogP contribution in [-0.2, 0) is 6.54 Å². The SMILES string of the molecule is CCC(O)CN(Cc1cc(=O)n2cccc(C)c2n1)c1ccccc1. The Morgan fingerprint density at radius 1 is 1.20 bits per heavy atom. The standard InChI is InChI=1S/C20H23N3O2/c1-3-18(24)14-22(17-9-5-4-6-10-17)13-16-12-19(25)23-11-7-8-15(2)20(23)21-16/h4-12,18,24H,3,13-14H2,1-2H3. The molecule has 130 valence electrons. The summed E-state index contributed by atoms with van der Waals surface area (Å²) in [4.78, 5) is 19.1. The van der Waals surface area contributed by atoms with Gasteiger partial charge in [0, 0.05) is 24.5 Å². The van der Waals surface area contributed by atoms with E-state index in [0.717, 1.165) is 11.3 Å². The van der Waals surface area contributed by atoms with Crippen LogP contribution >= 0.6 is 0 Å². The Balaban J connectivity index is 1.98. The summed E-state index contributed by atoms with van der Waals surface area (Å²) < 4.78 is 1.56. The van der Waals surface area contributed by atoms with Gasteiger partial charge in [0.25, 0.3) is 5.56 Å². The van der Waals surface area contributed by atoms with E-state index >= 15 is 0 Å². The van der Waals surface area contributed by atoms with E-state index in [9.17, 15) is 9.90 Å². The molecule has 1 atom stereocenters. The first-order valence-electron chi connectivity index (χ1n) is 8.54. The molecule has 1 aromatic carbocycles. The van der Waals surface area contributed by atoms with Crippen molar-refractivity contribution in [2.45, 2.75) is 32.9 Å². The molecule has 1 unspecified atom stereocenters. The summed E-state index contributed by atoms with van der Waals surface area (Å²) in [6.07, 6.45) is 1.98. The van der Waals surface area contributed by atoms with Crippen molar-refractivity contribution < 1.29 is 5.11 Å². The summed E-state index contributed by atoms with van der Waals surface area (Å²) in [5.74, 6) is 0. The number of aromatic nitrogens is 2. The smallest absolute Gasteiger partial charge is 0.258 e. The zero-order chi connectivity index (χ0) is 17.8. The zero-order valence-electron chi connectivity index (χ0n) is 14.6. The van der Waals surface area contributed by atoms with Gasteiger partial charge in [-0.3, -0.25) is 9.20 Å². The Labute approximate surface area is 147 Å². The second-order valence-corrected chi connectivity index (χ2v) is 6.25. The van der Waals surface area contributed by atoms with Crippen LogP contribution in [0.15, 0.2) is 59.5 Å². The fourth-order valence-corrected chi connectivity index (χ4v) is 2.87. The zero-order valence-corrected chi connectivity index (χ0v) is 14.6. The molecule has 0 saturated heterocycles. The van der Waals surface area contributed by atoms with Crippen molar-refractivity contribution in [1.82, 2.24) is 9.38 Å². The van der Waals surface area contributed by atoms with Crippen molar-refractivity contribution in [3.05, 3.63) is 76.3 Å². The third-order valence-electron chi connectivity index (χ3n) is 4.32. The molecule has 1 N–H and O–H groups in total. The maximum Gasteiger partial charge on any atom is 0.258 e. The molecule has 3 aromatic rings. The van der Waals surface area contributed by atoms with Crippen molar-refractivity contribution in [3.63, 3.8) is 0 Å². The molecule has 5 heteroatoms. The minimum Gasteiger partial charge on any atom is -0.391 e. The maximum atomic E-state index is 12.4. The Morgan fingerprint density at radius 2 is 1.96 bits per heavy atom. The number of fused-ring (bicyclic) bond motifs is 1. The van der Waals surface area contributed by atoms with Gasteiger partial charge in [0.15, 0.2) is 0 Å². The number of benzene rings is 1. The summed E-state index contributed by atoms with van der Waals surface area (Å²) in [6.45, 7) is 4.87. The van der Waals surface area contributed by atoms with Gasteiger partial charge in [0.1, 0.15) is 5.65 Å². The molecule has 0 fully saturated rings. The second kappa shape index (κ2) is 7.49. The number of hydrogen-bond acceptors (Lipinski definition) is 4. The van der Waals surface area contributed by atoms with Crippen LogP contribution in [0.3, 0.4) is 0 Å². The number of rotatable bonds is 6. The molecule has 0 spiro atoms. The van der Waals surface area contributed by atoms with Gasteiger partial charge in [-0.2, -0.15) is 0 Å². The molecular formula is C20H23N3O2. The van der Waals surface area contributed by atoms with Crippen molar-refractivity contribution >= 4 is 11.3 Å². The van der Waals surface area contributed by atoms with Crippen LogP contribution in [0.5, 0.6) is 0 Å². The van der Waals surface area contributed by atoms with Crippen molar-refractivity contribution in [1.29, 1.82) is 0 Å². The summed E-state index contributed by atoms with van der Waals surface area (Å²) in [6, 6.07) is 15.3. The van der Waals surface area contributed by atoms with E-state index < -0.39 is 6.10 Å². The molecular weight excluding hydrogens is 314 g/mol. The van der Waals surface area contributed by atoms with Crippen molar-refractivity contribution in [2.75, 3.05) is 11.4 Å². The highest BCUT2D eigenvalue weighted by atomic mass is 16.3. The number of aliphatic hydroxyl groups excluding tert-OH is 1. The molecule has 0 radical (unpaired) electrons. The van der Waals surface area contributed by atoms with Crippen LogP contribution in [0.2, 0.25) is 0 Å². The predicted octanol–water partition coefficient (Wildman–Crippen LogP) is 2.78. The van der Waals surface area contributed by atoms with Gasteiger partial charge in [-0.05, 0) is 37.1 Å².